The largest absolute Gasteiger partial charge is 0.406 e. The van der Waals surface area contributed by atoms with Crippen LogP contribution in [0.1, 0.15) is 15.9 Å². The summed E-state index contributed by atoms with van der Waals surface area (Å²) in [6.45, 7) is -0.168. The highest BCUT2D eigenvalue weighted by Crippen LogP contribution is 2.20. The summed E-state index contributed by atoms with van der Waals surface area (Å²) in [5, 5.41) is 3.95. The molecule has 2 aromatic rings. The van der Waals surface area contributed by atoms with E-state index in [9.17, 15) is 18.0 Å². The number of amides is 1. The van der Waals surface area contributed by atoms with E-state index >= 15 is 0 Å². The van der Waals surface area contributed by atoms with Gasteiger partial charge in [0.15, 0.2) is 0 Å². The molecule has 0 radical (unpaired) electrons. The van der Waals surface area contributed by atoms with Crippen molar-refractivity contribution in [3.8, 4) is 18.0 Å². The van der Waals surface area contributed by atoms with Gasteiger partial charge in [0.05, 0.1) is 12.2 Å². The second kappa shape index (κ2) is 6.52. The van der Waals surface area contributed by atoms with Crippen LogP contribution in [0.15, 0.2) is 30.9 Å². The summed E-state index contributed by atoms with van der Waals surface area (Å²) in [4.78, 5) is 16.7. The quantitative estimate of drug-likeness (QED) is 0.811. The first-order valence-corrected chi connectivity index (χ1v) is 6.57. The molecule has 0 saturated carbocycles. The summed E-state index contributed by atoms with van der Waals surface area (Å²) in [5.41, 5.74) is 1.33. The summed E-state index contributed by atoms with van der Waals surface area (Å²) >= 11 is 0. The van der Waals surface area contributed by atoms with Gasteiger partial charge in [-0.1, -0.05) is 5.92 Å². The number of aryl methyl sites for hydroxylation is 1. The van der Waals surface area contributed by atoms with Gasteiger partial charge in [-0.15, -0.1) is 6.42 Å². The van der Waals surface area contributed by atoms with Crippen LogP contribution in [0.4, 0.5) is 13.2 Å². The molecule has 0 aliphatic heterocycles. The molecule has 0 fully saturated rings. The zero-order valence-corrected chi connectivity index (χ0v) is 12.2. The van der Waals surface area contributed by atoms with Crippen molar-refractivity contribution in [1.82, 2.24) is 19.7 Å². The maximum atomic E-state index is 12.6. The summed E-state index contributed by atoms with van der Waals surface area (Å²) in [6.07, 6.45) is 3.38. The van der Waals surface area contributed by atoms with Gasteiger partial charge in [0, 0.05) is 5.56 Å². The van der Waals surface area contributed by atoms with E-state index in [1.165, 1.54) is 23.4 Å². The number of hydrogen-bond acceptors (Lipinski definition) is 3. The van der Waals surface area contributed by atoms with Crippen molar-refractivity contribution in [2.75, 3.05) is 13.1 Å². The first-order chi connectivity index (χ1) is 10.8. The number of aromatic nitrogens is 3. The molecule has 5 nitrogen and oxygen atoms in total. The fraction of sp³-hybridized carbons (Fsp3) is 0.267. The van der Waals surface area contributed by atoms with Crippen LogP contribution in [-0.4, -0.2) is 44.8 Å². The normalized spacial score (nSPS) is 11.1. The van der Waals surface area contributed by atoms with Crippen molar-refractivity contribution in [1.29, 1.82) is 0 Å². The summed E-state index contributed by atoms with van der Waals surface area (Å²) in [5.74, 6) is 1.32. The van der Waals surface area contributed by atoms with E-state index in [0.717, 1.165) is 0 Å². The lowest BCUT2D eigenvalue weighted by Crippen LogP contribution is -2.39. The Morgan fingerprint density at radius 3 is 2.70 bits per heavy atom. The van der Waals surface area contributed by atoms with Gasteiger partial charge in [-0.05, 0) is 30.7 Å². The Kier molecular flexibility index (Phi) is 4.69. The predicted molar refractivity (Wildman–Crippen MR) is 76.9 cm³/mol. The fourth-order valence-corrected chi connectivity index (χ4v) is 2.07. The van der Waals surface area contributed by atoms with Gasteiger partial charge in [0.2, 0.25) is 0 Å². The number of nitrogens with zero attached hydrogens (tertiary/aromatic N) is 4. The predicted octanol–water partition coefficient (Wildman–Crippen LogP) is 2.21. The van der Waals surface area contributed by atoms with E-state index in [4.69, 9.17) is 6.42 Å². The zero-order valence-electron chi connectivity index (χ0n) is 12.2. The highest BCUT2D eigenvalue weighted by Gasteiger charge is 2.33. The van der Waals surface area contributed by atoms with Crippen molar-refractivity contribution < 1.29 is 18.0 Å². The minimum atomic E-state index is -4.51. The Morgan fingerprint density at radius 1 is 1.43 bits per heavy atom. The Hall–Kier alpha value is -2.82. The first-order valence-electron chi connectivity index (χ1n) is 6.57. The van der Waals surface area contributed by atoms with Gasteiger partial charge in [-0.3, -0.25) is 4.79 Å². The average Bonchev–Trinajstić information content (AvgIpc) is 2.99. The van der Waals surface area contributed by atoms with Gasteiger partial charge in [-0.2, -0.15) is 18.3 Å². The van der Waals surface area contributed by atoms with Crippen molar-refractivity contribution >= 4 is 5.91 Å². The van der Waals surface area contributed by atoms with E-state index < -0.39 is 25.2 Å². The van der Waals surface area contributed by atoms with Crippen molar-refractivity contribution in [2.45, 2.75) is 13.1 Å². The van der Waals surface area contributed by atoms with E-state index in [0.29, 0.717) is 16.2 Å². The molecular weight excluding hydrogens is 309 g/mol. The standard InChI is InChI=1S/C15H13F3N4O/c1-3-6-21(8-15(16,17)18)14(23)13-5-4-12(7-11(13)2)22-10-19-9-20-22/h1,4-5,7,9-10H,6,8H2,2H3. The topological polar surface area (TPSA) is 51.0 Å². The minimum Gasteiger partial charge on any atom is -0.318 e. The summed E-state index contributed by atoms with van der Waals surface area (Å²) in [6, 6.07) is 4.68. The molecule has 1 aromatic heterocycles. The molecule has 0 spiro atoms. The molecule has 0 aliphatic carbocycles. The molecule has 8 heteroatoms. The highest BCUT2D eigenvalue weighted by atomic mass is 19.4. The number of hydrogen-bond donors (Lipinski definition) is 0. The van der Waals surface area contributed by atoms with Crippen LogP contribution in [0.3, 0.4) is 0 Å². The molecule has 0 saturated heterocycles. The number of carbonyl (C=O) groups is 1. The van der Waals surface area contributed by atoms with Crippen LogP contribution >= 0.6 is 0 Å². The van der Waals surface area contributed by atoms with Crippen molar-refractivity contribution in [3.63, 3.8) is 0 Å². The second-order valence-corrected chi connectivity index (χ2v) is 4.82. The Balaban J connectivity index is 2.29. The highest BCUT2D eigenvalue weighted by molar-refractivity contribution is 5.96. The SMILES string of the molecule is C#CCN(CC(F)(F)F)C(=O)c1ccc(-n2cncn2)cc1C. The van der Waals surface area contributed by atoms with Crippen LogP contribution in [0.2, 0.25) is 0 Å². The van der Waals surface area contributed by atoms with Gasteiger partial charge in [-0.25, -0.2) is 9.67 Å². The molecule has 0 aliphatic rings. The third-order valence-corrected chi connectivity index (χ3v) is 3.06. The van der Waals surface area contributed by atoms with Gasteiger partial charge in [0.1, 0.15) is 19.2 Å². The van der Waals surface area contributed by atoms with Crippen LogP contribution in [0.25, 0.3) is 5.69 Å². The molecule has 0 N–H and O–H groups in total. The Morgan fingerprint density at radius 2 is 2.17 bits per heavy atom. The van der Waals surface area contributed by atoms with Gasteiger partial charge < -0.3 is 4.90 Å². The molecular formula is C15H13F3N4O. The molecule has 1 amide bonds. The number of rotatable bonds is 4. The molecule has 1 heterocycles. The van der Waals surface area contributed by atoms with E-state index in [1.807, 2.05) is 0 Å². The van der Waals surface area contributed by atoms with E-state index in [1.54, 1.807) is 19.1 Å². The second-order valence-electron chi connectivity index (χ2n) is 4.82. The van der Waals surface area contributed by atoms with E-state index in [-0.39, 0.29) is 5.56 Å². The molecule has 2 rings (SSSR count). The maximum Gasteiger partial charge on any atom is 0.406 e. The monoisotopic (exact) mass is 322 g/mol. The number of alkyl halides is 3. The molecule has 120 valence electrons. The lowest BCUT2D eigenvalue weighted by atomic mass is 10.1. The summed E-state index contributed by atoms with van der Waals surface area (Å²) < 4.78 is 39.2. The number of terminal acetylenes is 1. The number of benzene rings is 1. The van der Waals surface area contributed by atoms with Crippen LogP contribution in [-0.2, 0) is 0 Å². The minimum absolute atomic E-state index is 0.161. The van der Waals surface area contributed by atoms with Gasteiger partial charge >= 0.3 is 6.18 Å². The van der Waals surface area contributed by atoms with Crippen LogP contribution in [0.5, 0.6) is 0 Å². The van der Waals surface area contributed by atoms with Gasteiger partial charge in [0.25, 0.3) is 5.91 Å². The maximum absolute atomic E-state index is 12.6. The number of carbonyl (C=O) groups excluding carboxylic acids is 1. The van der Waals surface area contributed by atoms with Crippen molar-refractivity contribution in [2.24, 2.45) is 0 Å². The molecule has 0 atom stereocenters. The molecule has 1 aromatic carbocycles. The lowest BCUT2D eigenvalue weighted by Gasteiger charge is -2.22. The fourth-order valence-electron chi connectivity index (χ4n) is 2.07. The number of halogens is 3. The third kappa shape index (κ3) is 4.10. The first kappa shape index (κ1) is 16.5. The third-order valence-electron chi connectivity index (χ3n) is 3.06. The summed E-state index contributed by atoms with van der Waals surface area (Å²) in [7, 11) is 0. The Bertz CT molecular complexity index is 732. The van der Waals surface area contributed by atoms with E-state index in [2.05, 4.69) is 16.0 Å². The molecule has 0 unspecified atom stereocenters. The smallest absolute Gasteiger partial charge is 0.318 e. The molecule has 0 bridgehead atoms. The zero-order chi connectivity index (χ0) is 17.0. The van der Waals surface area contributed by atoms with Crippen LogP contribution in [0, 0.1) is 19.3 Å². The van der Waals surface area contributed by atoms with Crippen molar-refractivity contribution in [3.05, 3.63) is 42.0 Å². The average molecular weight is 322 g/mol. The Labute approximate surface area is 130 Å². The van der Waals surface area contributed by atoms with Crippen LogP contribution < -0.4 is 0 Å². The molecule has 23 heavy (non-hydrogen) atoms. The lowest BCUT2D eigenvalue weighted by molar-refractivity contribution is -0.139.